The lowest BCUT2D eigenvalue weighted by Crippen LogP contribution is -2.12. The molecule has 1 aromatic carbocycles. The predicted molar refractivity (Wildman–Crippen MR) is 74.8 cm³/mol. The average Bonchev–Trinajstić information content (AvgIpc) is 2.49. The van der Waals surface area contributed by atoms with Gasteiger partial charge in [0.15, 0.2) is 17.5 Å². The van der Waals surface area contributed by atoms with Gasteiger partial charge in [0.25, 0.3) is 0 Å². The number of benzene rings is 1. The van der Waals surface area contributed by atoms with Gasteiger partial charge in [-0.1, -0.05) is 6.07 Å². The van der Waals surface area contributed by atoms with E-state index >= 15 is 0 Å². The molecule has 0 spiro atoms. The summed E-state index contributed by atoms with van der Waals surface area (Å²) in [6.07, 6.45) is 0. The Morgan fingerprint density at radius 2 is 2.00 bits per heavy atom. The van der Waals surface area contributed by atoms with Crippen LogP contribution in [-0.2, 0) is 11.3 Å². The van der Waals surface area contributed by atoms with Crippen LogP contribution in [0.2, 0.25) is 0 Å². The van der Waals surface area contributed by atoms with Crippen LogP contribution >= 0.6 is 0 Å². The minimum absolute atomic E-state index is 0.0287. The molecule has 0 aliphatic carbocycles. The largest absolute Gasteiger partial charge is 0.374 e. The van der Waals surface area contributed by atoms with Crippen molar-refractivity contribution in [3.05, 3.63) is 41.7 Å². The molecule has 0 fully saturated rings. The van der Waals surface area contributed by atoms with Crippen molar-refractivity contribution in [1.82, 2.24) is 9.97 Å². The summed E-state index contributed by atoms with van der Waals surface area (Å²) in [5.41, 5.74) is 2.35. The third-order valence-electron chi connectivity index (χ3n) is 2.57. The molecule has 8 heteroatoms. The molecule has 2 rings (SSSR count). The van der Waals surface area contributed by atoms with Crippen LogP contribution in [0.1, 0.15) is 12.7 Å². The lowest BCUT2D eigenvalue weighted by Gasteiger charge is -2.10. The first-order valence-corrected chi connectivity index (χ1v) is 6.27. The summed E-state index contributed by atoms with van der Waals surface area (Å²) in [4.78, 5) is 8.24. The number of ether oxygens (including phenoxy) is 1. The fourth-order valence-corrected chi connectivity index (χ4v) is 1.63. The molecule has 4 N–H and O–H groups in total. The Hall–Kier alpha value is -2.32. The zero-order valence-electron chi connectivity index (χ0n) is 11.4. The Bertz CT molecular complexity index is 624. The van der Waals surface area contributed by atoms with Gasteiger partial charge in [-0.3, -0.25) is 0 Å². The van der Waals surface area contributed by atoms with Crippen LogP contribution in [0.3, 0.4) is 0 Å². The number of aromatic nitrogens is 2. The number of halogens is 2. The molecular weight excluding hydrogens is 280 g/mol. The van der Waals surface area contributed by atoms with Crippen molar-refractivity contribution in [2.24, 2.45) is 5.84 Å². The number of anilines is 3. The summed E-state index contributed by atoms with van der Waals surface area (Å²) < 4.78 is 32.0. The van der Waals surface area contributed by atoms with E-state index in [4.69, 9.17) is 10.6 Å². The van der Waals surface area contributed by atoms with Gasteiger partial charge in [0.1, 0.15) is 18.2 Å². The van der Waals surface area contributed by atoms with Crippen LogP contribution in [0.15, 0.2) is 24.3 Å². The van der Waals surface area contributed by atoms with E-state index in [2.05, 4.69) is 20.7 Å². The fourth-order valence-electron chi connectivity index (χ4n) is 1.63. The Balaban J connectivity index is 2.28. The first-order chi connectivity index (χ1) is 10.1. The van der Waals surface area contributed by atoms with E-state index in [1.54, 1.807) is 0 Å². The number of rotatable bonds is 6. The normalized spacial score (nSPS) is 10.5. The van der Waals surface area contributed by atoms with E-state index in [0.29, 0.717) is 18.2 Å². The smallest absolute Gasteiger partial charge is 0.182 e. The molecule has 0 atom stereocenters. The highest BCUT2D eigenvalue weighted by Gasteiger charge is 2.10. The minimum Gasteiger partial charge on any atom is -0.374 e. The van der Waals surface area contributed by atoms with Crippen molar-refractivity contribution in [3.63, 3.8) is 0 Å². The number of hydrogen-bond acceptors (Lipinski definition) is 6. The molecule has 0 radical (unpaired) electrons. The Morgan fingerprint density at radius 1 is 1.24 bits per heavy atom. The summed E-state index contributed by atoms with van der Waals surface area (Å²) in [7, 11) is 0. The van der Waals surface area contributed by atoms with Crippen molar-refractivity contribution in [3.8, 4) is 0 Å². The molecule has 0 amide bonds. The van der Waals surface area contributed by atoms with Crippen LogP contribution in [-0.4, -0.2) is 16.6 Å². The van der Waals surface area contributed by atoms with E-state index in [1.165, 1.54) is 18.2 Å². The second kappa shape index (κ2) is 6.91. The molecule has 0 aliphatic heterocycles. The van der Waals surface area contributed by atoms with Crippen LogP contribution in [0.4, 0.5) is 26.1 Å². The van der Waals surface area contributed by atoms with E-state index in [1.807, 2.05) is 6.92 Å². The van der Waals surface area contributed by atoms with Crippen molar-refractivity contribution in [2.45, 2.75) is 13.5 Å². The third-order valence-corrected chi connectivity index (χ3v) is 2.57. The summed E-state index contributed by atoms with van der Waals surface area (Å²) in [6, 6.07) is 5.30. The lowest BCUT2D eigenvalue weighted by atomic mass is 10.3. The van der Waals surface area contributed by atoms with Crippen LogP contribution in [0.25, 0.3) is 0 Å². The summed E-state index contributed by atoms with van der Waals surface area (Å²) >= 11 is 0. The number of nitrogens with zero attached hydrogens (tertiary/aromatic N) is 2. The predicted octanol–water partition coefficient (Wildman–Crippen LogP) is 2.32. The molecule has 2 aromatic rings. The quantitative estimate of drug-likeness (QED) is 0.560. The van der Waals surface area contributed by atoms with Gasteiger partial charge in [0.05, 0.1) is 5.69 Å². The third kappa shape index (κ3) is 3.83. The van der Waals surface area contributed by atoms with Crippen molar-refractivity contribution in [1.29, 1.82) is 0 Å². The zero-order valence-corrected chi connectivity index (χ0v) is 11.4. The molecule has 0 aliphatic rings. The van der Waals surface area contributed by atoms with Crippen LogP contribution < -0.4 is 16.6 Å². The molecule has 6 nitrogen and oxygen atoms in total. The SMILES string of the molecule is CCOCc1nc(NN)cc(Nc2cccc(F)c2F)n1. The Morgan fingerprint density at radius 3 is 2.71 bits per heavy atom. The molecule has 0 bridgehead atoms. The Kier molecular flexibility index (Phi) is 4.96. The zero-order chi connectivity index (χ0) is 15.2. The minimum atomic E-state index is -0.982. The second-order valence-electron chi connectivity index (χ2n) is 4.06. The molecule has 21 heavy (non-hydrogen) atoms. The highest BCUT2D eigenvalue weighted by molar-refractivity contribution is 5.59. The van der Waals surface area contributed by atoms with Gasteiger partial charge in [0, 0.05) is 12.7 Å². The van der Waals surface area contributed by atoms with Crippen molar-refractivity contribution >= 4 is 17.3 Å². The molecule has 0 unspecified atom stereocenters. The fraction of sp³-hybridized carbons (Fsp3) is 0.231. The van der Waals surface area contributed by atoms with E-state index in [-0.39, 0.29) is 18.1 Å². The summed E-state index contributed by atoms with van der Waals surface area (Å²) in [5, 5.41) is 2.69. The highest BCUT2D eigenvalue weighted by Crippen LogP contribution is 2.22. The van der Waals surface area contributed by atoms with Gasteiger partial charge in [-0.25, -0.2) is 24.6 Å². The van der Waals surface area contributed by atoms with Gasteiger partial charge < -0.3 is 15.5 Å². The number of nitrogen functional groups attached to an aromatic ring is 1. The molecule has 1 aromatic heterocycles. The van der Waals surface area contributed by atoms with Gasteiger partial charge in [0.2, 0.25) is 0 Å². The molecule has 112 valence electrons. The number of nitrogens with two attached hydrogens (primary N) is 1. The monoisotopic (exact) mass is 295 g/mol. The van der Waals surface area contributed by atoms with E-state index in [0.717, 1.165) is 6.07 Å². The van der Waals surface area contributed by atoms with Gasteiger partial charge in [-0.2, -0.15) is 0 Å². The average molecular weight is 295 g/mol. The van der Waals surface area contributed by atoms with E-state index < -0.39 is 11.6 Å². The van der Waals surface area contributed by atoms with Crippen LogP contribution in [0, 0.1) is 11.6 Å². The number of nitrogens with one attached hydrogen (secondary N) is 2. The van der Waals surface area contributed by atoms with Gasteiger partial charge in [-0.05, 0) is 19.1 Å². The molecule has 0 saturated heterocycles. The highest BCUT2D eigenvalue weighted by atomic mass is 19.2. The van der Waals surface area contributed by atoms with Gasteiger partial charge >= 0.3 is 0 Å². The summed E-state index contributed by atoms with van der Waals surface area (Å²) in [5.74, 6) is 4.37. The maximum atomic E-state index is 13.6. The first kappa shape index (κ1) is 15.1. The first-order valence-electron chi connectivity index (χ1n) is 6.27. The molecule has 1 heterocycles. The van der Waals surface area contributed by atoms with Crippen molar-refractivity contribution in [2.75, 3.05) is 17.3 Å². The molecular formula is C13H15F2N5O. The maximum absolute atomic E-state index is 13.6. The van der Waals surface area contributed by atoms with Crippen LogP contribution in [0.5, 0.6) is 0 Å². The topological polar surface area (TPSA) is 85.1 Å². The maximum Gasteiger partial charge on any atom is 0.182 e. The van der Waals surface area contributed by atoms with Crippen molar-refractivity contribution < 1.29 is 13.5 Å². The molecule has 0 saturated carbocycles. The van der Waals surface area contributed by atoms with E-state index in [9.17, 15) is 8.78 Å². The lowest BCUT2D eigenvalue weighted by molar-refractivity contribution is 0.128. The number of hydrogen-bond donors (Lipinski definition) is 3. The second-order valence-corrected chi connectivity index (χ2v) is 4.06. The van der Waals surface area contributed by atoms with Gasteiger partial charge in [-0.15, -0.1) is 0 Å². The summed E-state index contributed by atoms with van der Waals surface area (Å²) in [6.45, 7) is 2.53. The number of hydrazine groups is 1. The standard InChI is InChI=1S/C13H15F2N5O/c1-2-21-7-12-18-10(6-11(19-12)20-16)17-9-5-3-4-8(14)13(9)15/h3-6H,2,7,16H2,1H3,(H2,17,18,19,20). The Labute approximate surface area is 120 Å².